The van der Waals surface area contributed by atoms with Gasteiger partial charge in [-0.25, -0.2) is 0 Å². The Balaban J connectivity index is 1.61. The van der Waals surface area contributed by atoms with Crippen LogP contribution in [0.2, 0.25) is 0 Å². The summed E-state index contributed by atoms with van der Waals surface area (Å²) >= 11 is 0. The van der Waals surface area contributed by atoms with Crippen molar-refractivity contribution in [1.82, 2.24) is 5.06 Å². The molecule has 0 bridgehead atoms. The van der Waals surface area contributed by atoms with Gasteiger partial charge in [0, 0.05) is 13.1 Å². The summed E-state index contributed by atoms with van der Waals surface area (Å²) in [5.41, 5.74) is 1.47. The molecule has 142 valence electrons. The number of unbranched alkanes of at least 4 members (excludes halogenated alkanes) is 9. The molecule has 1 aromatic carbocycles. The lowest BCUT2D eigenvalue weighted by atomic mass is 9.78. The third kappa shape index (κ3) is 7.92. The number of benzene rings is 1. The first-order valence-corrected chi connectivity index (χ1v) is 10.8. The van der Waals surface area contributed by atoms with E-state index in [0.717, 1.165) is 19.5 Å². The summed E-state index contributed by atoms with van der Waals surface area (Å²) in [5, 5.41) is 11.5. The van der Waals surface area contributed by atoms with Gasteiger partial charge in [-0.05, 0) is 30.2 Å². The van der Waals surface area contributed by atoms with Crippen LogP contribution in [-0.4, -0.2) is 23.4 Å². The second-order valence-corrected chi connectivity index (χ2v) is 7.95. The molecular weight excluding hydrogens is 306 g/mol. The van der Waals surface area contributed by atoms with Gasteiger partial charge in [0.15, 0.2) is 0 Å². The molecule has 1 aliphatic rings. The summed E-state index contributed by atoms with van der Waals surface area (Å²) in [5.74, 6) is 1.23. The molecule has 1 saturated heterocycles. The molecule has 0 aromatic heterocycles. The molecule has 2 rings (SSSR count). The first-order chi connectivity index (χ1) is 12.3. The van der Waals surface area contributed by atoms with E-state index in [0.29, 0.717) is 11.8 Å². The van der Waals surface area contributed by atoms with E-state index in [2.05, 4.69) is 37.3 Å². The molecule has 2 heteroatoms. The molecule has 1 N–H and O–H groups in total. The summed E-state index contributed by atoms with van der Waals surface area (Å²) in [6, 6.07) is 10.9. The van der Waals surface area contributed by atoms with Crippen LogP contribution in [-0.2, 0) is 0 Å². The number of rotatable bonds is 12. The van der Waals surface area contributed by atoms with E-state index in [1.165, 1.54) is 76.2 Å². The van der Waals surface area contributed by atoms with Crippen molar-refractivity contribution >= 4 is 0 Å². The van der Waals surface area contributed by atoms with Crippen LogP contribution in [0.25, 0.3) is 0 Å². The minimum atomic E-state index is 0.607. The van der Waals surface area contributed by atoms with Gasteiger partial charge in [-0.3, -0.25) is 0 Å². The molecule has 0 aliphatic carbocycles. The molecule has 0 amide bonds. The van der Waals surface area contributed by atoms with Gasteiger partial charge in [-0.1, -0.05) is 101 Å². The van der Waals surface area contributed by atoms with Gasteiger partial charge in [-0.15, -0.1) is 0 Å². The third-order valence-corrected chi connectivity index (χ3v) is 5.87. The Morgan fingerprint density at radius 1 is 0.880 bits per heavy atom. The summed E-state index contributed by atoms with van der Waals surface area (Å²) in [6.07, 6.45) is 16.3. The maximum atomic E-state index is 9.94. The van der Waals surface area contributed by atoms with E-state index in [9.17, 15) is 5.21 Å². The van der Waals surface area contributed by atoms with Gasteiger partial charge in [0.05, 0.1) is 0 Å². The van der Waals surface area contributed by atoms with Gasteiger partial charge in [0.1, 0.15) is 0 Å². The molecule has 1 heterocycles. The molecule has 2 atom stereocenters. The maximum Gasteiger partial charge on any atom is 0.0272 e. The average molecular weight is 346 g/mol. The minimum absolute atomic E-state index is 0.607. The lowest BCUT2D eigenvalue weighted by molar-refractivity contribution is -0.123. The number of hydroxylamine groups is 2. The fraction of sp³-hybridized carbons (Fsp3) is 0.739. The molecule has 1 fully saturated rings. The highest BCUT2D eigenvalue weighted by Gasteiger charge is 2.29. The van der Waals surface area contributed by atoms with Crippen molar-refractivity contribution in [3.8, 4) is 0 Å². The zero-order chi connectivity index (χ0) is 17.7. The normalized spacial score (nSPS) is 21.5. The summed E-state index contributed by atoms with van der Waals surface area (Å²) in [4.78, 5) is 0. The van der Waals surface area contributed by atoms with E-state index >= 15 is 0 Å². The van der Waals surface area contributed by atoms with Crippen LogP contribution < -0.4 is 0 Å². The number of hydrogen-bond donors (Lipinski definition) is 1. The molecule has 0 radical (unpaired) electrons. The Hall–Kier alpha value is -0.860. The van der Waals surface area contributed by atoms with E-state index in [1.807, 2.05) is 0 Å². The first-order valence-electron chi connectivity index (χ1n) is 10.8. The van der Waals surface area contributed by atoms with Crippen molar-refractivity contribution in [3.05, 3.63) is 35.9 Å². The van der Waals surface area contributed by atoms with Crippen molar-refractivity contribution in [2.75, 3.05) is 13.1 Å². The molecule has 2 nitrogen and oxygen atoms in total. The topological polar surface area (TPSA) is 23.5 Å². The predicted octanol–water partition coefficient (Wildman–Crippen LogP) is 6.79. The largest absolute Gasteiger partial charge is 0.314 e. The van der Waals surface area contributed by atoms with Crippen molar-refractivity contribution in [3.63, 3.8) is 0 Å². The average Bonchev–Trinajstić information content (AvgIpc) is 2.64. The van der Waals surface area contributed by atoms with Gasteiger partial charge >= 0.3 is 0 Å². The lowest BCUT2D eigenvalue weighted by Gasteiger charge is -2.36. The van der Waals surface area contributed by atoms with Crippen molar-refractivity contribution in [1.29, 1.82) is 0 Å². The predicted molar refractivity (Wildman–Crippen MR) is 107 cm³/mol. The van der Waals surface area contributed by atoms with Crippen molar-refractivity contribution < 1.29 is 5.21 Å². The summed E-state index contributed by atoms with van der Waals surface area (Å²) in [6.45, 7) is 3.94. The smallest absolute Gasteiger partial charge is 0.0272 e. The Labute approximate surface area is 155 Å². The second-order valence-electron chi connectivity index (χ2n) is 7.95. The van der Waals surface area contributed by atoms with Gasteiger partial charge < -0.3 is 5.21 Å². The second kappa shape index (κ2) is 12.5. The van der Waals surface area contributed by atoms with Gasteiger partial charge in [-0.2, -0.15) is 5.06 Å². The molecule has 25 heavy (non-hydrogen) atoms. The summed E-state index contributed by atoms with van der Waals surface area (Å²) < 4.78 is 0. The Kier molecular flexibility index (Phi) is 10.2. The van der Waals surface area contributed by atoms with E-state index in [1.54, 1.807) is 5.06 Å². The lowest BCUT2D eigenvalue weighted by Crippen LogP contribution is -2.37. The van der Waals surface area contributed by atoms with Crippen LogP contribution in [0, 0.1) is 5.92 Å². The zero-order valence-electron chi connectivity index (χ0n) is 16.3. The fourth-order valence-corrected chi connectivity index (χ4v) is 4.34. The summed E-state index contributed by atoms with van der Waals surface area (Å²) in [7, 11) is 0. The Bertz CT molecular complexity index is 433. The number of piperidine rings is 1. The molecule has 0 spiro atoms. The Morgan fingerprint density at radius 2 is 1.48 bits per heavy atom. The highest BCUT2D eigenvalue weighted by atomic mass is 16.5. The van der Waals surface area contributed by atoms with Crippen LogP contribution in [0.5, 0.6) is 0 Å². The molecule has 1 aliphatic heterocycles. The standard InChI is InChI=1S/C23H39NO/c1-2-3-4-5-6-7-8-9-10-12-17-22-20-24(25)19-18-23(22)21-15-13-11-14-16-21/h11,13-16,22-23,25H,2-10,12,17-20H2,1H3. The molecule has 2 unspecified atom stereocenters. The monoisotopic (exact) mass is 345 g/mol. The number of nitrogens with zero attached hydrogens (tertiary/aromatic N) is 1. The minimum Gasteiger partial charge on any atom is -0.314 e. The molecule has 1 aromatic rings. The zero-order valence-corrected chi connectivity index (χ0v) is 16.3. The Morgan fingerprint density at radius 3 is 2.12 bits per heavy atom. The first kappa shape index (κ1) is 20.5. The van der Waals surface area contributed by atoms with Crippen LogP contribution in [0.15, 0.2) is 30.3 Å². The SMILES string of the molecule is CCCCCCCCCCCCC1CN(O)CCC1c1ccccc1. The highest BCUT2D eigenvalue weighted by Crippen LogP contribution is 2.35. The fourth-order valence-electron chi connectivity index (χ4n) is 4.34. The van der Waals surface area contributed by atoms with Crippen molar-refractivity contribution in [2.24, 2.45) is 5.92 Å². The van der Waals surface area contributed by atoms with E-state index < -0.39 is 0 Å². The van der Waals surface area contributed by atoms with Crippen molar-refractivity contribution in [2.45, 2.75) is 89.9 Å². The van der Waals surface area contributed by atoms with Crippen LogP contribution in [0.1, 0.15) is 95.5 Å². The van der Waals surface area contributed by atoms with E-state index in [-0.39, 0.29) is 0 Å². The molecular formula is C23H39NO. The molecule has 0 saturated carbocycles. The van der Waals surface area contributed by atoms with E-state index in [4.69, 9.17) is 0 Å². The number of hydrogen-bond acceptors (Lipinski definition) is 2. The van der Waals surface area contributed by atoms with Crippen LogP contribution in [0.3, 0.4) is 0 Å². The maximum absolute atomic E-state index is 9.94. The van der Waals surface area contributed by atoms with Crippen LogP contribution in [0.4, 0.5) is 0 Å². The third-order valence-electron chi connectivity index (χ3n) is 5.87. The highest BCUT2D eigenvalue weighted by molar-refractivity contribution is 5.21. The van der Waals surface area contributed by atoms with Crippen LogP contribution >= 0.6 is 0 Å². The quantitative estimate of drug-likeness (QED) is 0.421. The van der Waals surface area contributed by atoms with Gasteiger partial charge in [0.2, 0.25) is 0 Å². The van der Waals surface area contributed by atoms with Gasteiger partial charge in [0.25, 0.3) is 0 Å².